The number of carbonyl (C=O) groups is 2. The maximum absolute atomic E-state index is 14.1. The lowest BCUT2D eigenvalue weighted by atomic mass is 9.96. The number of anilines is 2. The minimum Gasteiger partial charge on any atom is -0.322 e. The van der Waals surface area contributed by atoms with Crippen molar-refractivity contribution in [3.63, 3.8) is 0 Å². The van der Waals surface area contributed by atoms with Gasteiger partial charge in [0.25, 0.3) is 11.8 Å². The molecule has 2 aromatic heterocycles. The van der Waals surface area contributed by atoms with Crippen LogP contribution >= 0.6 is 46.4 Å². The van der Waals surface area contributed by atoms with Crippen molar-refractivity contribution in [1.82, 2.24) is 9.97 Å². The third-order valence-electron chi connectivity index (χ3n) is 10.4. The fraction of sp³-hybridized carbons (Fsp3) is 0.0833. The third kappa shape index (κ3) is 7.41. The summed E-state index contributed by atoms with van der Waals surface area (Å²) in [6.07, 6.45) is 0. The number of halogens is 4. The second kappa shape index (κ2) is 15.9. The first kappa shape index (κ1) is 39.1. The molecule has 6 nitrogen and oxygen atoms in total. The van der Waals surface area contributed by atoms with Crippen molar-refractivity contribution in [2.24, 2.45) is 0 Å². The molecule has 0 spiro atoms. The van der Waals surface area contributed by atoms with Crippen molar-refractivity contribution in [1.29, 1.82) is 0 Å². The molecule has 8 rings (SSSR count). The van der Waals surface area contributed by atoms with Gasteiger partial charge in [-0.05, 0) is 134 Å². The highest BCUT2D eigenvalue weighted by molar-refractivity contribution is 6.37. The van der Waals surface area contributed by atoms with Gasteiger partial charge >= 0.3 is 0 Å². The first-order chi connectivity index (χ1) is 27.9. The molecule has 2 heterocycles. The molecule has 58 heavy (non-hydrogen) atoms. The largest absolute Gasteiger partial charge is 0.322 e. The SMILES string of the molecule is Cc1cc(-c2ccc(NC(=O)c3c(C)c(-c4ccc(Cl)cc4Cl)nc4ccccc34)c(C)c2)ccc1NC(=O)c1c(C)c(-c2ccc(Cl)cc2Cl)nc2ccccc12. The number of nitrogens with one attached hydrogen (secondary N) is 2. The highest BCUT2D eigenvalue weighted by atomic mass is 35.5. The molecule has 2 amide bonds. The zero-order chi connectivity index (χ0) is 40.8. The minimum absolute atomic E-state index is 0.255. The summed E-state index contributed by atoms with van der Waals surface area (Å²) in [6.45, 7) is 7.69. The van der Waals surface area contributed by atoms with E-state index in [1.807, 2.05) is 125 Å². The number of amides is 2. The van der Waals surface area contributed by atoms with Gasteiger partial charge in [0.2, 0.25) is 0 Å². The number of hydrogen-bond donors (Lipinski definition) is 2. The fourth-order valence-corrected chi connectivity index (χ4v) is 8.42. The number of para-hydroxylation sites is 2. The summed E-state index contributed by atoms with van der Waals surface area (Å²) in [7, 11) is 0. The standard InChI is InChI=1S/C48H34Cl4N4O2/c1-25-21-29(13-19-39(25)55-47(57)43-27(3)45(33-17-15-31(49)23-37(33)51)53-41-11-7-5-9-35(41)43)30-14-20-40(26(2)22-30)56-48(58)44-28(4)46(34-18-16-32(50)24-38(34)52)54-42-12-8-6-10-36(42)44/h5-24H,1-4H3,(H,55,57)(H,56,58). The molecule has 0 fully saturated rings. The van der Waals surface area contributed by atoms with Crippen LogP contribution in [0, 0.1) is 27.7 Å². The molecule has 0 bridgehead atoms. The summed E-state index contributed by atoms with van der Waals surface area (Å²) < 4.78 is 0. The van der Waals surface area contributed by atoms with Gasteiger partial charge in [0.15, 0.2) is 0 Å². The summed E-state index contributed by atoms with van der Waals surface area (Å²) in [4.78, 5) is 38.0. The summed E-state index contributed by atoms with van der Waals surface area (Å²) in [6, 6.07) is 37.5. The third-order valence-corrected chi connectivity index (χ3v) is 11.5. The van der Waals surface area contributed by atoms with Crippen LogP contribution in [0.5, 0.6) is 0 Å². The maximum atomic E-state index is 14.1. The van der Waals surface area contributed by atoms with Crippen molar-refractivity contribution >= 4 is 91.4 Å². The van der Waals surface area contributed by atoms with Gasteiger partial charge < -0.3 is 10.6 Å². The molecule has 10 heteroatoms. The summed E-state index contributed by atoms with van der Waals surface area (Å²) >= 11 is 25.6. The van der Waals surface area contributed by atoms with E-state index in [4.69, 9.17) is 56.4 Å². The van der Waals surface area contributed by atoms with Crippen LogP contribution in [0.4, 0.5) is 11.4 Å². The Morgan fingerprint density at radius 3 is 1.26 bits per heavy atom. The first-order valence-electron chi connectivity index (χ1n) is 18.4. The fourth-order valence-electron chi connectivity index (χ4n) is 7.42. The number of hydrogen-bond acceptors (Lipinski definition) is 4. The van der Waals surface area contributed by atoms with Gasteiger partial charge in [-0.25, -0.2) is 9.97 Å². The van der Waals surface area contributed by atoms with E-state index >= 15 is 0 Å². The molecular formula is C48H34Cl4N4O2. The number of fused-ring (bicyclic) bond motifs is 2. The van der Waals surface area contributed by atoms with E-state index in [1.165, 1.54) is 0 Å². The van der Waals surface area contributed by atoms with E-state index in [1.54, 1.807) is 24.3 Å². The zero-order valence-corrected chi connectivity index (χ0v) is 34.8. The molecule has 0 aliphatic rings. The number of benzene rings is 6. The van der Waals surface area contributed by atoms with E-state index in [2.05, 4.69) is 10.6 Å². The van der Waals surface area contributed by atoms with Gasteiger partial charge in [0.05, 0.1) is 43.6 Å². The Kier molecular flexibility index (Phi) is 10.7. The Hall–Kier alpha value is -5.76. The monoisotopic (exact) mass is 838 g/mol. The summed E-state index contributed by atoms with van der Waals surface area (Å²) in [5, 5.41) is 9.71. The number of nitrogens with zero attached hydrogens (tertiary/aromatic N) is 2. The number of aryl methyl sites for hydroxylation is 2. The lowest BCUT2D eigenvalue weighted by Crippen LogP contribution is -2.16. The average Bonchev–Trinajstić information content (AvgIpc) is 3.19. The molecule has 2 N–H and O–H groups in total. The molecule has 0 atom stereocenters. The van der Waals surface area contributed by atoms with Crippen molar-refractivity contribution in [2.75, 3.05) is 10.6 Å². The molecule has 0 saturated heterocycles. The van der Waals surface area contributed by atoms with Crippen LogP contribution < -0.4 is 10.6 Å². The molecule has 0 aliphatic heterocycles. The van der Waals surface area contributed by atoms with Crippen LogP contribution in [0.15, 0.2) is 121 Å². The van der Waals surface area contributed by atoms with E-state index in [9.17, 15) is 9.59 Å². The first-order valence-corrected chi connectivity index (χ1v) is 19.9. The Labute approximate surface area is 355 Å². The van der Waals surface area contributed by atoms with Crippen LogP contribution in [-0.4, -0.2) is 21.8 Å². The van der Waals surface area contributed by atoms with Crippen LogP contribution in [-0.2, 0) is 0 Å². The lowest BCUT2D eigenvalue weighted by Gasteiger charge is -2.17. The van der Waals surface area contributed by atoms with Crippen LogP contribution in [0.2, 0.25) is 20.1 Å². The minimum atomic E-state index is -0.255. The molecular weight excluding hydrogens is 806 g/mol. The smallest absolute Gasteiger partial charge is 0.256 e. The van der Waals surface area contributed by atoms with Crippen LogP contribution in [0.25, 0.3) is 55.4 Å². The Balaban J connectivity index is 1.06. The van der Waals surface area contributed by atoms with Gasteiger partial charge in [-0.1, -0.05) is 94.9 Å². The van der Waals surface area contributed by atoms with Gasteiger partial charge in [0, 0.05) is 43.3 Å². The van der Waals surface area contributed by atoms with E-state index in [0.717, 1.165) is 33.0 Å². The predicted molar refractivity (Wildman–Crippen MR) is 241 cm³/mol. The second-order valence-corrected chi connectivity index (χ2v) is 15.9. The predicted octanol–water partition coefficient (Wildman–Crippen LogP) is 14.1. The molecule has 0 unspecified atom stereocenters. The second-order valence-electron chi connectivity index (χ2n) is 14.2. The Morgan fingerprint density at radius 2 is 0.879 bits per heavy atom. The Morgan fingerprint density at radius 1 is 0.483 bits per heavy atom. The maximum Gasteiger partial charge on any atom is 0.256 e. The van der Waals surface area contributed by atoms with Gasteiger partial charge in [0.1, 0.15) is 0 Å². The quantitative estimate of drug-likeness (QED) is 0.167. The summed E-state index contributed by atoms with van der Waals surface area (Å²) in [5.41, 5.74) is 11.5. The summed E-state index contributed by atoms with van der Waals surface area (Å²) in [5.74, 6) is -0.510. The molecule has 286 valence electrons. The molecule has 0 saturated carbocycles. The highest BCUT2D eigenvalue weighted by Crippen LogP contribution is 2.38. The zero-order valence-electron chi connectivity index (χ0n) is 31.8. The van der Waals surface area contributed by atoms with E-state index in [0.29, 0.717) is 87.3 Å². The number of carbonyl (C=O) groups excluding carboxylic acids is 2. The molecule has 0 aliphatic carbocycles. The molecule has 0 radical (unpaired) electrons. The van der Waals surface area contributed by atoms with Crippen LogP contribution in [0.1, 0.15) is 43.0 Å². The van der Waals surface area contributed by atoms with E-state index < -0.39 is 0 Å². The normalized spacial score (nSPS) is 11.2. The van der Waals surface area contributed by atoms with Crippen molar-refractivity contribution < 1.29 is 9.59 Å². The van der Waals surface area contributed by atoms with Crippen molar-refractivity contribution in [3.8, 4) is 33.6 Å². The topological polar surface area (TPSA) is 84.0 Å². The number of pyridine rings is 2. The lowest BCUT2D eigenvalue weighted by molar-refractivity contribution is 0.101. The van der Waals surface area contributed by atoms with Gasteiger partial charge in [-0.15, -0.1) is 0 Å². The molecule has 6 aromatic carbocycles. The molecule has 8 aromatic rings. The van der Waals surface area contributed by atoms with Gasteiger partial charge in [-0.2, -0.15) is 0 Å². The average molecular weight is 841 g/mol. The Bertz CT molecular complexity index is 2800. The van der Waals surface area contributed by atoms with Crippen molar-refractivity contribution in [2.45, 2.75) is 27.7 Å². The van der Waals surface area contributed by atoms with Crippen LogP contribution in [0.3, 0.4) is 0 Å². The number of rotatable bonds is 7. The number of aromatic nitrogens is 2. The van der Waals surface area contributed by atoms with Gasteiger partial charge in [-0.3, -0.25) is 9.59 Å². The van der Waals surface area contributed by atoms with E-state index in [-0.39, 0.29) is 11.8 Å². The highest BCUT2D eigenvalue weighted by Gasteiger charge is 2.23. The van der Waals surface area contributed by atoms with Crippen molar-refractivity contribution in [3.05, 3.63) is 175 Å².